The van der Waals surface area contributed by atoms with E-state index < -0.39 is 0 Å². The zero-order valence-corrected chi connectivity index (χ0v) is 16.4. The van der Waals surface area contributed by atoms with Gasteiger partial charge in [0.25, 0.3) is 5.91 Å². The van der Waals surface area contributed by atoms with E-state index >= 15 is 0 Å². The van der Waals surface area contributed by atoms with E-state index in [4.69, 9.17) is 0 Å². The Kier molecular flexibility index (Phi) is 7.64. The van der Waals surface area contributed by atoms with Crippen molar-refractivity contribution in [3.05, 3.63) is 29.8 Å². The van der Waals surface area contributed by atoms with Crippen molar-refractivity contribution in [2.24, 2.45) is 5.92 Å². The molecule has 0 unspecified atom stereocenters. The maximum Gasteiger partial charge on any atom is 0.319 e. The molecule has 1 saturated heterocycles. The number of rotatable bonds is 6. The van der Waals surface area contributed by atoms with Crippen LogP contribution in [0.4, 0.5) is 10.5 Å². The minimum Gasteiger partial charge on any atom is -0.355 e. The summed E-state index contributed by atoms with van der Waals surface area (Å²) in [6.45, 7) is 5.46. The number of benzene rings is 1. The number of hydrogen-bond acceptors (Lipinski definition) is 3. The number of piperidine rings is 1. The third-order valence-corrected chi connectivity index (χ3v) is 5.11. The Balaban J connectivity index is 1.79. The largest absolute Gasteiger partial charge is 0.355 e. The topological polar surface area (TPSA) is 90.5 Å². The van der Waals surface area contributed by atoms with E-state index in [2.05, 4.69) is 16.0 Å². The molecule has 148 valence electrons. The van der Waals surface area contributed by atoms with Crippen LogP contribution in [0.3, 0.4) is 0 Å². The summed E-state index contributed by atoms with van der Waals surface area (Å²) in [5.41, 5.74) is 1.17. The third-order valence-electron chi connectivity index (χ3n) is 5.11. The highest BCUT2D eigenvalue weighted by Crippen LogP contribution is 2.17. The van der Waals surface area contributed by atoms with Crippen molar-refractivity contribution < 1.29 is 14.4 Å². The van der Waals surface area contributed by atoms with Gasteiger partial charge in [0.15, 0.2) is 0 Å². The lowest BCUT2D eigenvalue weighted by molar-refractivity contribution is -0.136. The number of urea groups is 1. The van der Waals surface area contributed by atoms with Gasteiger partial charge in [0.1, 0.15) is 0 Å². The van der Waals surface area contributed by atoms with E-state index in [9.17, 15) is 14.4 Å². The average Bonchev–Trinajstić information content (AvgIpc) is 2.69. The van der Waals surface area contributed by atoms with Gasteiger partial charge in [-0.15, -0.1) is 0 Å². The molecule has 1 aliphatic heterocycles. The molecule has 0 bridgehead atoms. The van der Waals surface area contributed by atoms with Crippen LogP contribution in [0.15, 0.2) is 24.3 Å². The van der Waals surface area contributed by atoms with Gasteiger partial charge in [-0.3, -0.25) is 9.59 Å². The molecule has 7 heteroatoms. The van der Waals surface area contributed by atoms with Crippen molar-refractivity contribution in [2.45, 2.75) is 45.6 Å². The monoisotopic (exact) mass is 374 g/mol. The van der Waals surface area contributed by atoms with Gasteiger partial charge in [-0.05, 0) is 49.9 Å². The van der Waals surface area contributed by atoms with E-state index in [0.717, 1.165) is 25.7 Å². The summed E-state index contributed by atoms with van der Waals surface area (Å²) < 4.78 is 0. The molecular weight excluding hydrogens is 344 g/mol. The molecule has 4 amide bonds. The van der Waals surface area contributed by atoms with E-state index in [-0.39, 0.29) is 29.8 Å². The van der Waals surface area contributed by atoms with Crippen molar-refractivity contribution in [3.63, 3.8) is 0 Å². The number of nitrogens with one attached hydrogen (secondary N) is 3. The molecule has 0 spiro atoms. The second-order valence-electron chi connectivity index (χ2n) is 6.87. The van der Waals surface area contributed by atoms with Crippen LogP contribution >= 0.6 is 0 Å². The highest BCUT2D eigenvalue weighted by molar-refractivity contribution is 5.95. The van der Waals surface area contributed by atoms with E-state index in [1.165, 1.54) is 0 Å². The van der Waals surface area contributed by atoms with E-state index in [1.807, 2.05) is 18.7 Å². The molecule has 0 saturated carbocycles. The van der Waals surface area contributed by atoms with Gasteiger partial charge in [0, 0.05) is 43.3 Å². The molecule has 27 heavy (non-hydrogen) atoms. The smallest absolute Gasteiger partial charge is 0.319 e. The van der Waals surface area contributed by atoms with Crippen LogP contribution in [0, 0.1) is 5.92 Å². The van der Waals surface area contributed by atoms with Crippen molar-refractivity contribution in [1.82, 2.24) is 15.5 Å². The predicted octanol–water partition coefficient (Wildman–Crippen LogP) is 2.59. The molecule has 1 aromatic rings. The van der Waals surface area contributed by atoms with Crippen molar-refractivity contribution in [2.75, 3.05) is 25.5 Å². The number of carbonyl (C=O) groups excluding carboxylic acids is 3. The maximum atomic E-state index is 12.4. The Hall–Kier alpha value is -2.57. The van der Waals surface area contributed by atoms with Crippen LogP contribution < -0.4 is 16.0 Å². The molecular formula is C20H30N4O3. The molecule has 7 nitrogen and oxygen atoms in total. The Morgan fingerprint density at radius 2 is 1.67 bits per heavy atom. The summed E-state index contributed by atoms with van der Waals surface area (Å²) >= 11 is 0. The van der Waals surface area contributed by atoms with Crippen molar-refractivity contribution in [1.29, 1.82) is 0 Å². The number of carbonyl (C=O) groups is 3. The van der Waals surface area contributed by atoms with E-state index in [1.54, 1.807) is 31.3 Å². The van der Waals surface area contributed by atoms with Gasteiger partial charge in [-0.25, -0.2) is 4.79 Å². The Morgan fingerprint density at radius 1 is 1.07 bits per heavy atom. The summed E-state index contributed by atoms with van der Waals surface area (Å²) in [5.74, 6) is 0.176. The summed E-state index contributed by atoms with van der Waals surface area (Å²) in [7, 11) is 1.57. The van der Waals surface area contributed by atoms with Gasteiger partial charge in [0.05, 0.1) is 0 Å². The van der Waals surface area contributed by atoms with Gasteiger partial charge in [-0.1, -0.05) is 13.8 Å². The average molecular weight is 374 g/mol. The molecule has 0 aliphatic carbocycles. The fourth-order valence-electron chi connectivity index (χ4n) is 3.34. The molecule has 1 fully saturated rings. The number of likely N-dealkylation sites (tertiary alicyclic amines) is 1. The summed E-state index contributed by atoms with van der Waals surface area (Å²) in [6, 6.07) is 6.50. The molecule has 2 rings (SSSR count). The minimum atomic E-state index is -0.271. The molecule has 0 atom stereocenters. The van der Waals surface area contributed by atoms with Crippen molar-refractivity contribution >= 4 is 23.5 Å². The van der Waals surface area contributed by atoms with E-state index in [0.29, 0.717) is 24.3 Å². The molecule has 0 radical (unpaired) electrons. The summed E-state index contributed by atoms with van der Waals surface area (Å²) in [6.07, 6.45) is 3.26. The summed E-state index contributed by atoms with van der Waals surface area (Å²) in [5, 5.41) is 8.30. The van der Waals surface area contributed by atoms with Gasteiger partial charge in [-0.2, -0.15) is 0 Å². The number of anilines is 1. The minimum absolute atomic E-state index is 0.0564. The first kappa shape index (κ1) is 20.7. The second-order valence-corrected chi connectivity index (χ2v) is 6.87. The van der Waals surface area contributed by atoms with Crippen LogP contribution in [-0.2, 0) is 4.79 Å². The van der Waals surface area contributed by atoms with Crippen LogP contribution in [-0.4, -0.2) is 48.9 Å². The zero-order valence-electron chi connectivity index (χ0n) is 16.4. The zero-order chi connectivity index (χ0) is 19.8. The molecule has 1 heterocycles. The number of amides is 4. The Bertz CT molecular complexity index is 648. The van der Waals surface area contributed by atoms with Crippen molar-refractivity contribution in [3.8, 4) is 0 Å². The quantitative estimate of drug-likeness (QED) is 0.715. The normalized spacial score (nSPS) is 14.7. The lowest BCUT2D eigenvalue weighted by atomic mass is 9.98. The van der Waals surface area contributed by atoms with Gasteiger partial charge >= 0.3 is 6.03 Å². The number of nitrogens with zero attached hydrogens (tertiary/aromatic N) is 1. The Labute approximate surface area is 160 Å². The van der Waals surface area contributed by atoms with Crippen LogP contribution in [0.1, 0.15) is 49.9 Å². The summed E-state index contributed by atoms with van der Waals surface area (Å²) in [4.78, 5) is 38.1. The van der Waals surface area contributed by atoms with Crippen LogP contribution in [0.5, 0.6) is 0 Å². The SMILES string of the molecule is CCC(CC)C(=O)N1CCC(NC(=O)Nc2ccc(C(=O)NC)cc2)CC1. The third kappa shape index (κ3) is 5.70. The molecule has 0 aromatic heterocycles. The lowest BCUT2D eigenvalue weighted by Gasteiger charge is -2.34. The Morgan fingerprint density at radius 3 is 2.19 bits per heavy atom. The fourth-order valence-corrected chi connectivity index (χ4v) is 3.34. The fraction of sp³-hybridized carbons (Fsp3) is 0.550. The highest BCUT2D eigenvalue weighted by atomic mass is 16.2. The number of hydrogen-bond donors (Lipinski definition) is 3. The van der Waals surface area contributed by atoms with Gasteiger partial charge in [0.2, 0.25) is 5.91 Å². The standard InChI is InChI=1S/C20H30N4O3/c1-4-14(5-2)19(26)24-12-10-17(11-13-24)23-20(27)22-16-8-6-15(7-9-16)18(25)21-3/h6-9,14,17H,4-5,10-13H2,1-3H3,(H,21,25)(H2,22,23,27). The van der Waals surface area contributed by atoms with Crippen LogP contribution in [0.2, 0.25) is 0 Å². The molecule has 3 N–H and O–H groups in total. The highest BCUT2D eigenvalue weighted by Gasteiger charge is 2.27. The maximum absolute atomic E-state index is 12.4. The first-order chi connectivity index (χ1) is 13.0. The molecule has 1 aliphatic rings. The lowest BCUT2D eigenvalue weighted by Crippen LogP contribution is -2.48. The van der Waals surface area contributed by atoms with Gasteiger partial charge < -0.3 is 20.9 Å². The predicted molar refractivity (Wildman–Crippen MR) is 106 cm³/mol. The molecule has 1 aromatic carbocycles. The van der Waals surface area contributed by atoms with Crippen LogP contribution in [0.25, 0.3) is 0 Å². The first-order valence-corrected chi connectivity index (χ1v) is 9.66. The second kappa shape index (κ2) is 9.94. The first-order valence-electron chi connectivity index (χ1n) is 9.66.